The van der Waals surface area contributed by atoms with E-state index >= 15 is 0 Å². The van der Waals surface area contributed by atoms with E-state index in [0.29, 0.717) is 11.7 Å². The Balaban J connectivity index is 0.00000225. The first-order valence-electron chi connectivity index (χ1n) is 9.26. The normalized spacial score (nSPS) is 16.6. The molecule has 0 aliphatic carbocycles. The molecule has 1 atom stereocenters. The number of piperidine rings is 1. The van der Waals surface area contributed by atoms with Crippen molar-refractivity contribution < 1.29 is 4.79 Å². The molecular formula is C20H24ClN5OS. The number of carbonyl (C=O) groups is 1. The van der Waals surface area contributed by atoms with Crippen molar-refractivity contribution in [3.05, 3.63) is 53.7 Å². The Kier molecular flexibility index (Phi) is 6.83. The number of likely N-dealkylation sites (tertiary alicyclic amines) is 1. The Hall–Kier alpha value is -2.22. The molecule has 1 amide bonds. The molecule has 3 aromatic rings. The van der Waals surface area contributed by atoms with Gasteiger partial charge in [0.1, 0.15) is 0 Å². The number of amides is 1. The van der Waals surface area contributed by atoms with Crippen LogP contribution in [0.1, 0.15) is 23.5 Å². The quantitative estimate of drug-likeness (QED) is 0.690. The molecule has 1 unspecified atom stereocenters. The molecule has 1 aromatic carbocycles. The van der Waals surface area contributed by atoms with E-state index in [0.717, 1.165) is 43.0 Å². The van der Waals surface area contributed by atoms with Crippen molar-refractivity contribution in [3.8, 4) is 16.4 Å². The van der Waals surface area contributed by atoms with Crippen LogP contribution < -0.4 is 5.32 Å². The second kappa shape index (κ2) is 9.32. The van der Waals surface area contributed by atoms with Crippen LogP contribution in [0.2, 0.25) is 0 Å². The van der Waals surface area contributed by atoms with Gasteiger partial charge in [0.2, 0.25) is 5.82 Å². The molecule has 0 spiro atoms. The summed E-state index contributed by atoms with van der Waals surface area (Å²) in [6, 6.07) is 13.8. The van der Waals surface area contributed by atoms with Gasteiger partial charge in [-0.2, -0.15) is 0 Å². The third-order valence-electron chi connectivity index (χ3n) is 4.84. The van der Waals surface area contributed by atoms with Gasteiger partial charge in [-0.05, 0) is 55.9 Å². The van der Waals surface area contributed by atoms with E-state index in [4.69, 9.17) is 0 Å². The zero-order chi connectivity index (χ0) is 18.6. The van der Waals surface area contributed by atoms with Gasteiger partial charge in [-0.15, -0.1) is 28.8 Å². The number of rotatable bonds is 5. The van der Waals surface area contributed by atoms with Crippen LogP contribution in [0.15, 0.2) is 47.8 Å². The fourth-order valence-corrected chi connectivity index (χ4v) is 4.26. The molecule has 1 fully saturated rings. The maximum atomic E-state index is 13.1. The molecule has 0 saturated carbocycles. The van der Waals surface area contributed by atoms with Crippen molar-refractivity contribution in [1.82, 2.24) is 25.0 Å². The molecular weight excluding hydrogens is 394 g/mol. The van der Waals surface area contributed by atoms with Crippen LogP contribution in [0.5, 0.6) is 0 Å². The van der Waals surface area contributed by atoms with Crippen LogP contribution >= 0.6 is 23.7 Å². The molecule has 148 valence electrons. The lowest BCUT2D eigenvalue weighted by atomic mass is 9.98. The molecule has 3 heterocycles. The largest absolute Gasteiger partial charge is 0.336 e. The van der Waals surface area contributed by atoms with Crippen molar-refractivity contribution in [2.75, 3.05) is 26.7 Å². The summed E-state index contributed by atoms with van der Waals surface area (Å²) in [6.07, 6.45) is 2.17. The second-order valence-electron chi connectivity index (χ2n) is 6.80. The monoisotopic (exact) mass is 417 g/mol. The molecule has 8 heteroatoms. The summed E-state index contributed by atoms with van der Waals surface area (Å²) in [4.78, 5) is 20.6. The highest BCUT2D eigenvalue weighted by molar-refractivity contribution is 7.13. The lowest BCUT2D eigenvalue weighted by Gasteiger charge is -2.31. The number of hydrogen-bond acceptors (Lipinski definition) is 5. The van der Waals surface area contributed by atoms with Crippen molar-refractivity contribution >= 4 is 29.7 Å². The highest BCUT2D eigenvalue weighted by atomic mass is 35.5. The van der Waals surface area contributed by atoms with Crippen LogP contribution in [0, 0.1) is 5.92 Å². The zero-order valence-electron chi connectivity index (χ0n) is 15.7. The van der Waals surface area contributed by atoms with Crippen molar-refractivity contribution in [3.63, 3.8) is 0 Å². The zero-order valence-corrected chi connectivity index (χ0v) is 17.4. The fourth-order valence-electron chi connectivity index (χ4n) is 3.56. The number of nitrogens with one attached hydrogen (secondary N) is 1. The highest BCUT2D eigenvalue weighted by Crippen LogP contribution is 2.26. The lowest BCUT2D eigenvalue weighted by Crippen LogP contribution is -2.42. The molecule has 28 heavy (non-hydrogen) atoms. The SMILES string of the molecule is CNCC1CCCN(C(=O)c2nc(-c3cccs3)n(-c3ccccc3)n2)C1.Cl. The summed E-state index contributed by atoms with van der Waals surface area (Å²) >= 11 is 1.60. The fraction of sp³-hybridized carbons (Fsp3) is 0.350. The first kappa shape index (κ1) is 20.5. The number of carbonyl (C=O) groups excluding carboxylic acids is 1. The molecule has 0 bridgehead atoms. The Morgan fingerprint density at radius 3 is 2.79 bits per heavy atom. The van der Waals surface area contributed by atoms with Crippen LogP contribution in [0.25, 0.3) is 16.4 Å². The third kappa shape index (κ3) is 4.27. The van der Waals surface area contributed by atoms with E-state index in [9.17, 15) is 4.79 Å². The molecule has 0 radical (unpaired) electrons. The molecule has 2 aromatic heterocycles. The number of para-hydroxylation sites is 1. The first-order valence-corrected chi connectivity index (χ1v) is 10.1. The number of benzene rings is 1. The Labute approximate surface area is 175 Å². The predicted octanol–water partition coefficient (Wildman–Crippen LogP) is 3.49. The van der Waals surface area contributed by atoms with Gasteiger partial charge in [0.05, 0.1) is 10.6 Å². The van der Waals surface area contributed by atoms with Crippen molar-refractivity contribution in [1.29, 1.82) is 0 Å². The molecule has 4 rings (SSSR count). The Morgan fingerprint density at radius 1 is 1.25 bits per heavy atom. The van der Waals surface area contributed by atoms with E-state index in [-0.39, 0.29) is 24.1 Å². The molecule has 1 N–H and O–H groups in total. The molecule has 6 nitrogen and oxygen atoms in total. The van der Waals surface area contributed by atoms with Gasteiger partial charge in [-0.1, -0.05) is 24.3 Å². The lowest BCUT2D eigenvalue weighted by molar-refractivity contribution is 0.0662. The van der Waals surface area contributed by atoms with Crippen molar-refractivity contribution in [2.45, 2.75) is 12.8 Å². The highest BCUT2D eigenvalue weighted by Gasteiger charge is 2.28. The van der Waals surface area contributed by atoms with Gasteiger partial charge in [-0.3, -0.25) is 4.79 Å². The van der Waals surface area contributed by atoms with Crippen LogP contribution in [0.4, 0.5) is 0 Å². The van der Waals surface area contributed by atoms with E-state index in [1.165, 1.54) is 0 Å². The summed E-state index contributed by atoms with van der Waals surface area (Å²) in [5.41, 5.74) is 0.902. The van der Waals surface area contributed by atoms with E-state index < -0.39 is 0 Å². The first-order chi connectivity index (χ1) is 13.3. The van der Waals surface area contributed by atoms with E-state index in [2.05, 4.69) is 15.4 Å². The standard InChI is InChI=1S/C20H23N5OS.ClH/c1-21-13-15-7-5-11-24(14-15)20(26)18-22-19(17-10-6-12-27-17)25(23-18)16-8-3-2-4-9-16;/h2-4,6,8-10,12,15,21H,5,7,11,13-14H2,1H3;1H. The average molecular weight is 418 g/mol. The minimum absolute atomic E-state index is 0. The molecule has 1 aliphatic rings. The van der Waals surface area contributed by atoms with Gasteiger partial charge in [0.15, 0.2) is 5.82 Å². The van der Waals surface area contributed by atoms with E-state index in [1.54, 1.807) is 16.0 Å². The minimum atomic E-state index is -0.0803. The smallest absolute Gasteiger partial charge is 0.293 e. The van der Waals surface area contributed by atoms with Gasteiger partial charge in [0.25, 0.3) is 5.91 Å². The maximum Gasteiger partial charge on any atom is 0.293 e. The number of halogens is 1. The van der Waals surface area contributed by atoms with Gasteiger partial charge >= 0.3 is 0 Å². The Morgan fingerprint density at radius 2 is 2.07 bits per heavy atom. The molecule has 1 saturated heterocycles. The minimum Gasteiger partial charge on any atom is -0.336 e. The third-order valence-corrected chi connectivity index (χ3v) is 5.71. The summed E-state index contributed by atoms with van der Waals surface area (Å²) in [5, 5.41) is 9.81. The number of nitrogens with zero attached hydrogens (tertiary/aromatic N) is 4. The van der Waals surface area contributed by atoms with Gasteiger partial charge in [-0.25, -0.2) is 9.67 Å². The summed E-state index contributed by atoms with van der Waals surface area (Å²) in [6.45, 7) is 2.46. The van der Waals surface area contributed by atoms with Crippen molar-refractivity contribution in [2.24, 2.45) is 5.92 Å². The van der Waals surface area contributed by atoms with Gasteiger partial charge < -0.3 is 10.2 Å². The second-order valence-corrected chi connectivity index (χ2v) is 7.75. The van der Waals surface area contributed by atoms with Crippen LogP contribution in [-0.4, -0.2) is 52.3 Å². The summed E-state index contributed by atoms with van der Waals surface area (Å²) < 4.78 is 1.77. The number of thiophene rings is 1. The average Bonchev–Trinajstić information content (AvgIpc) is 3.38. The predicted molar refractivity (Wildman–Crippen MR) is 114 cm³/mol. The molecule has 1 aliphatic heterocycles. The Bertz CT molecular complexity index is 895. The number of aromatic nitrogens is 3. The van der Waals surface area contributed by atoms with Crippen LogP contribution in [0.3, 0.4) is 0 Å². The topological polar surface area (TPSA) is 63.1 Å². The van der Waals surface area contributed by atoms with Crippen LogP contribution in [-0.2, 0) is 0 Å². The van der Waals surface area contributed by atoms with Gasteiger partial charge in [0, 0.05) is 13.1 Å². The summed E-state index contributed by atoms with van der Waals surface area (Å²) in [5.74, 6) is 1.39. The van der Waals surface area contributed by atoms with E-state index in [1.807, 2.05) is 59.8 Å². The number of hydrogen-bond donors (Lipinski definition) is 1. The summed E-state index contributed by atoms with van der Waals surface area (Å²) in [7, 11) is 1.96. The maximum absolute atomic E-state index is 13.1.